The van der Waals surface area contributed by atoms with Crippen molar-refractivity contribution in [2.45, 2.75) is 13.8 Å². The van der Waals surface area contributed by atoms with Gasteiger partial charge in [0, 0.05) is 11.6 Å². The van der Waals surface area contributed by atoms with Crippen LogP contribution < -0.4 is 0 Å². The standard InChI is InChI=1S/C11H10BrNO/c1-7-3-4-9(5-8(7)2)10-6-11(12)14-13-10/h3-6H,1-2H3. The maximum atomic E-state index is 4.96. The monoisotopic (exact) mass is 251 g/mol. The van der Waals surface area contributed by atoms with E-state index in [1.807, 2.05) is 12.1 Å². The molecule has 2 aromatic rings. The Labute approximate surface area is 91.1 Å². The summed E-state index contributed by atoms with van der Waals surface area (Å²) in [5.74, 6) is 0. The fraction of sp³-hybridized carbons (Fsp3) is 0.182. The van der Waals surface area contributed by atoms with Crippen LogP contribution in [0.4, 0.5) is 0 Å². The summed E-state index contributed by atoms with van der Waals surface area (Å²) in [5.41, 5.74) is 4.50. The van der Waals surface area contributed by atoms with Gasteiger partial charge < -0.3 is 4.52 Å². The Kier molecular flexibility index (Phi) is 2.42. The highest BCUT2D eigenvalue weighted by Crippen LogP contribution is 2.23. The number of hydrogen-bond acceptors (Lipinski definition) is 2. The molecule has 1 aromatic heterocycles. The van der Waals surface area contributed by atoms with E-state index in [2.05, 4.69) is 47.1 Å². The van der Waals surface area contributed by atoms with Crippen molar-refractivity contribution in [3.8, 4) is 11.3 Å². The Morgan fingerprint density at radius 3 is 2.50 bits per heavy atom. The molecule has 0 aliphatic rings. The smallest absolute Gasteiger partial charge is 0.202 e. The Morgan fingerprint density at radius 2 is 1.93 bits per heavy atom. The summed E-state index contributed by atoms with van der Waals surface area (Å²) in [7, 11) is 0. The maximum Gasteiger partial charge on any atom is 0.202 e. The van der Waals surface area contributed by atoms with Gasteiger partial charge in [-0.3, -0.25) is 0 Å². The van der Waals surface area contributed by atoms with Crippen molar-refractivity contribution in [1.82, 2.24) is 5.16 Å². The summed E-state index contributed by atoms with van der Waals surface area (Å²) in [5, 5.41) is 3.93. The third-order valence-electron chi connectivity index (χ3n) is 2.28. The average molecular weight is 252 g/mol. The molecule has 0 bridgehead atoms. The molecule has 14 heavy (non-hydrogen) atoms. The van der Waals surface area contributed by atoms with Crippen molar-refractivity contribution in [3.05, 3.63) is 40.1 Å². The number of halogens is 1. The van der Waals surface area contributed by atoms with Crippen molar-refractivity contribution in [2.75, 3.05) is 0 Å². The zero-order chi connectivity index (χ0) is 10.1. The van der Waals surface area contributed by atoms with Crippen LogP contribution in [0.5, 0.6) is 0 Å². The van der Waals surface area contributed by atoms with Crippen LogP contribution in [-0.4, -0.2) is 5.16 Å². The van der Waals surface area contributed by atoms with E-state index in [4.69, 9.17) is 4.52 Å². The predicted molar refractivity (Wildman–Crippen MR) is 59.1 cm³/mol. The van der Waals surface area contributed by atoms with E-state index in [0.717, 1.165) is 11.3 Å². The second kappa shape index (κ2) is 3.58. The Hall–Kier alpha value is -1.09. The SMILES string of the molecule is Cc1ccc(-c2cc(Br)on2)cc1C. The van der Waals surface area contributed by atoms with Gasteiger partial charge in [0.05, 0.1) is 0 Å². The molecule has 0 N–H and O–H groups in total. The lowest BCUT2D eigenvalue weighted by Crippen LogP contribution is -1.82. The fourth-order valence-corrected chi connectivity index (χ4v) is 1.58. The number of rotatable bonds is 1. The van der Waals surface area contributed by atoms with Crippen LogP contribution >= 0.6 is 15.9 Å². The molecule has 2 rings (SSSR count). The first-order chi connectivity index (χ1) is 6.66. The molecule has 0 aliphatic heterocycles. The van der Waals surface area contributed by atoms with Gasteiger partial charge in [-0.2, -0.15) is 0 Å². The van der Waals surface area contributed by atoms with Crippen molar-refractivity contribution >= 4 is 15.9 Å². The normalized spacial score (nSPS) is 10.5. The quantitative estimate of drug-likeness (QED) is 0.773. The van der Waals surface area contributed by atoms with Gasteiger partial charge in [0.2, 0.25) is 4.67 Å². The summed E-state index contributed by atoms with van der Waals surface area (Å²) in [4.78, 5) is 0. The Balaban J connectivity index is 2.47. The lowest BCUT2D eigenvalue weighted by Gasteiger charge is -2.01. The Morgan fingerprint density at radius 1 is 1.14 bits per heavy atom. The lowest BCUT2D eigenvalue weighted by molar-refractivity contribution is 0.402. The largest absolute Gasteiger partial charge is 0.349 e. The molecule has 1 heterocycles. The van der Waals surface area contributed by atoms with Crippen molar-refractivity contribution in [1.29, 1.82) is 0 Å². The third kappa shape index (κ3) is 1.73. The van der Waals surface area contributed by atoms with Crippen molar-refractivity contribution < 1.29 is 4.52 Å². The minimum Gasteiger partial charge on any atom is -0.349 e. The summed E-state index contributed by atoms with van der Waals surface area (Å²) < 4.78 is 5.61. The van der Waals surface area contributed by atoms with Gasteiger partial charge in [0.25, 0.3) is 0 Å². The summed E-state index contributed by atoms with van der Waals surface area (Å²) >= 11 is 3.23. The molecule has 0 unspecified atom stereocenters. The van der Waals surface area contributed by atoms with E-state index in [1.165, 1.54) is 11.1 Å². The predicted octanol–water partition coefficient (Wildman–Crippen LogP) is 3.72. The summed E-state index contributed by atoms with van der Waals surface area (Å²) in [6.07, 6.45) is 0. The first-order valence-electron chi connectivity index (χ1n) is 4.36. The average Bonchev–Trinajstić information content (AvgIpc) is 2.57. The molecule has 0 aliphatic carbocycles. The maximum absolute atomic E-state index is 4.96. The highest BCUT2D eigenvalue weighted by Gasteiger charge is 2.04. The van der Waals surface area contributed by atoms with E-state index in [1.54, 1.807) is 0 Å². The van der Waals surface area contributed by atoms with E-state index in [9.17, 15) is 0 Å². The van der Waals surface area contributed by atoms with Gasteiger partial charge in [-0.25, -0.2) is 0 Å². The van der Waals surface area contributed by atoms with Crippen LogP contribution in [0, 0.1) is 13.8 Å². The molecule has 0 saturated carbocycles. The molecule has 0 atom stereocenters. The molecule has 0 amide bonds. The molecule has 0 radical (unpaired) electrons. The number of hydrogen-bond donors (Lipinski definition) is 0. The van der Waals surface area contributed by atoms with Gasteiger partial charge in [0.1, 0.15) is 5.69 Å². The van der Waals surface area contributed by atoms with Crippen LogP contribution in [0.3, 0.4) is 0 Å². The number of aromatic nitrogens is 1. The Bertz CT molecular complexity index is 462. The third-order valence-corrected chi connectivity index (χ3v) is 2.66. The van der Waals surface area contributed by atoms with E-state index in [0.29, 0.717) is 4.67 Å². The van der Waals surface area contributed by atoms with Crippen molar-refractivity contribution in [2.24, 2.45) is 0 Å². The summed E-state index contributed by atoms with van der Waals surface area (Å²) in [6.45, 7) is 4.19. The highest BCUT2D eigenvalue weighted by molar-refractivity contribution is 9.10. The molecule has 1 aromatic carbocycles. The van der Waals surface area contributed by atoms with Gasteiger partial charge in [-0.05, 0) is 47.0 Å². The highest BCUT2D eigenvalue weighted by atomic mass is 79.9. The molecule has 0 spiro atoms. The number of nitrogens with zero attached hydrogens (tertiary/aromatic N) is 1. The molecule has 3 heteroatoms. The van der Waals surface area contributed by atoms with Gasteiger partial charge in [-0.15, -0.1) is 0 Å². The number of aryl methyl sites for hydroxylation is 2. The zero-order valence-corrected chi connectivity index (χ0v) is 9.63. The zero-order valence-electron chi connectivity index (χ0n) is 8.04. The molecule has 0 saturated heterocycles. The van der Waals surface area contributed by atoms with Gasteiger partial charge in [-0.1, -0.05) is 17.3 Å². The molecular formula is C11H10BrNO. The topological polar surface area (TPSA) is 26.0 Å². The van der Waals surface area contributed by atoms with Crippen molar-refractivity contribution in [3.63, 3.8) is 0 Å². The van der Waals surface area contributed by atoms with E-state index < -0.39 is 0 Å². The number of benzene rings is 1. The van der Waals surface area contributed by atoms with E-state index >= 15 is 0 Å². The molecular weight excluding hydrogens is 242 g/mol. The summed E-state index contributed by atoms with van der Waals surface area (Å²) in [6, 6.07) is 8.11. The first kappa shape index (κ1) is 9.46. The fourth-order valence-electron chi connectivity index (χ4n) is 1.29. The van der Waals surface area contributed by atoms with Crippen LogP contribution in [0.2, 0.25) is 0 Å². The van der Waals surface area contributed by atoms with Crippen LogP contribution in [-0.2, 0) is 0 Å². The molecule has 0 fully saturated rings. The van der Waals surface area contributed by atoms with Gasteiger partial charge in [0.15, 0.2) is 0 Å². The second-order valence-electron chi connectivity index (χ2n) is 3.32. The second-order valence-corrected chi connectivity index (χ2v) is 4.10. The van der Waals surface area contributed by atoms with Crippen LogP contribution in [0.15, 0.2) is 33.5 Å². The van der Waals surface area contributed by atoms with Gasteiger partial charge >= 0.3 is 0 Å². The first-order valence-corrected chi connectivity index (χ1v) is 5.16. The molecule has 2 nitrogen and oxygen atoms in total. The van der Waals surface area contributed by atoms with Crippen LogP contribution in [0.25, 0.3) is 11.3 Å². The molecule has 72 valence electrons. The minimum atomic E-state index is 0.658. The minimum absolute atomic E-state index is 0.658. The van der Waals surface area contributed by atoms with Crippen LogP contribution in [0.1, 0.15) is 11.1 Å². The van der Waals surface area contributed by atoms with E-state index in [-0.39, 0.29) is 0 Å². The lowest BCUT2D eigenvalue weighted by atomic mass is 10.0.